The van der Waals surface area contributed by atoms with Gasteiger partial charge in [0.2, 0.25) is 0 Å². The van der Waals surface area contributed by atoms with Crippen LogP contribution in [0.2, 0.25) is 15.1 Å². The number of nitrogens with one attached hydrogen (secondary N) is 1. The van der Waals surface area contributed by atoms with Crippen molar-refractivity contribution in [3.05, 3.63) is 111 Å². The molecule has 1 heterocycles. The summed E-state index contributed by atoms with van der Waals surface area (Å²) in [5.74, 6) is -0.654. The fourth-order valence-corrected chi connectivity index (χ4v) is 6.10. The SMILES string of the molecule is Cc1cc(/C=N/NC(=O)CN(c2ccc(Cl)cc2Cl)S(=O)(=O)c2ccccc2)c(C)n1-c1ccc(Cl)cc1. The minimum absolute atomic E-state index is 0.0111. The summed E-state index contributed by atoms with van der Waals surface area (Å²) in [6, 6.07) is 21.5. The van der Waals surface area contributed by atoms with E-state index in [2.05, 4.69) is 10.5 Å². The van der Waals surface area contributed by atoms with Gasteiger partial charge < -0.3 is 4.57 Å². The molecular weight excluding hydrogens is 567 g/mol. The molecule has 0 fully saturated rings. The second kappa shape index (κ2) is 11.6. The Balaban J connectivity index is 1.56. The predicted octanol–water partition coefficient (Wildman–Crippen LogP) is 6.40. The molecule has 0 radical (unpaired) electrons. The lowest BCUT2D eigenvalue weighted by atomic mass is 10.2. The van der Waals surface area contributed by atoms with Gasteiger partial charge in [-0.05, 0) is 74.5 Å². The number of carbonyl (C=O) groups excluding carboxylic acids is 1. The smallest absolute Gasteiger partial charge is 0.264 e. The highest BCUT2D eigenvalue weighted by atomic mass is 35.5. The van der Waals surface area contributed by atoms with E-state index >= 15 is 0 Å². The van der Waals surface area contributed by atoms with Crippen LogP contribution in [0.5, 0.6) is 0 Å². The Morgan fingerprint density at radius 3 is 2.26 bits per heavy atom. The Labute approximate surface area is 236 Å². The number of hydrogen-bond acceptors (Lipinski definition) is 4. The van der Waals surface area contributed by atoms with Crippen molar-refractivity contribution in [1.29, 1.82) is 0 Å². The van der Waals surface area contributed by atoms with Crippen LogP contribution < -0.4 is 9.73 Å². The van der Waals surface area contributed by atoms with Crippen LogP contribution in [0.15, 0.2) is 88.9 Å². The molecule has 4 rings (SSSR count). The van der Waals surface area contributed by atoms with Gasteiger partial charge in [0, 0.05) is 32.7 Å². The first-order valence-electron chi connectivity index (χ1n) is 11.4. The van der Waals surface area contributed by atoms with Crippen LogP contribution >= 0.6 is 34.8 Å². The van der Waals surface area contributed by atoms with Gasteiger partial charge in [-0.3, -0.25) is 9.10 Å². The zero-order valence-electron chi connectivity index (χ0n) is 20.4. The number of anilines is 1. The van der Waals surface area contributed by atoms with Crippen LogP contribution in [-0.4, -0.2) is 31.7 Å². The molecular formula is C27H23Cl3N4O3S. The fraction of sp³-hybridized carbons (Fsp3) is 0.111. The van der Waals surface area contributed by atoms with Gasteiger partial charge in [-0.2, -0.15) is 5.10 Å². The molecule has 0 bridgehead atoms. The van der Waals surface area contributed by atoms with E-state index in [-0.39, 0.29) is 15.6 Å². The van der Waals surface area contributed by atoms with Gasteiger partial charge in [-0.1, -0.05) is 53.0 Å². The molecule has 0 spiro atoms. The summed E-state index contributed by atoms with van der Waals surface area (Å²) in [6.45, 7) is 3.33. The molecule has 196 valence electrons. The van der Waals surface area contributed by atoms with Crippen molar-refractivity contribution in [3.8, 4) is 5.69 Å². The molecule has 1 amide bonds. The number of halogens is 3. The van der Waals surface area contributed by atoms with Gasteiger partial charge in [0.25, 0.3) is 15.9 Å². The van der Waals surface area contributed by atoms with Gasteiger partial charge in [-0.25, -0.2) is 13.8 Å². The molecule has 0 saturated carbocycles. The Bertz CT molecular complexity index is 1600. The summed E-state index contributed by atoms with van der Waals surface area (Å²) in [6.07, 6.45) is 1.51. The Morgan fingerprint density at radius 2 is 1.61 bits per heavy atom. The first kappa shape index (κ1) is 27.7. The average molecular weight is 590 g/mol. The molecule has 7 nitrogen and oxygen atoms in total. The minimum Gasteiger partial charge on any atom is -0.318 e. The van der Waals surface area contributed by atoms with E-state index in [9.17, 15) is 13.2 Å². The third-order valence-electron chi connectivity index (χ3n) is 5.74. The van der Waals surface area contributed by atoms with Crippen LogP contribution in [-0.2, 0) is 14.8 Å². The predicted molar refractivity (Wildman–Crippen MR) is 153 cm³/mol. The number of hydrazone groups is 1. The van der Waals surface area contributed by atoms with Crippen LogP contribution in [0.3, 0.4) is 0 Å². The maximum atomic E-state index is 13.4. The molecule has 0 unspecified atom stereocenters. The van der Waals surface area contributed by atoms with E-state index in [0.717, 1.165) is 26.9 Å². The van der Waals surface area contributed by atoms with Gasteiger partial charge in [0.15, 0.2) is 0 Å². The maximum Gasteiger partial charge on any atom is 0.264 e. The molecule has 11 heteroatoms. The molecule has 0 aliphatic carbocycles. The van der Waals surface area contributed by atoms with E-state index in [4.69, 9.17) is 34.8 Å². The number of aryl methyl sites for hydroxylation is 1. The quantitative estimate of drug-likeness (QED) is 0.191. The van der Waals surface area contributed by atoms with E-state index in [1.54, 1.807) is 18.2 Å². The first-order chi connectivity index (χ1) is 18.1. The summed E-state index contributed by atoms with van der Waals surface area (Å²) in [4.78, 5) is 12.9. The average Bonchev–Trinajstić information content (AvgIpc) is 3.16. The number of benzene rings is 3. The van der Waals surface area contributed by atoms with E-state index in [1.807, 2.05) is 48.7 Å². The molecule has 0 aliphatic rings. The highest BCUT2D eigenvalue weighted by Gasteiger charge is 2.28. The number of aromatic nitrogens is 1. The van der Waals surface area contributed by atoms with Gasteiger partial charge in [0.1, 0.15) is 6.54 Å². The largest absolute Gasteiger partial charge is 0.318 e. The second-order valence-corrected chi connectivity index (χ2v) is 11.5. The van der Waals surface area contributed by atoms with Crippen LogP contribution in [0.1, 0.15) is 17.0 Å². The molecule has 0 aliphatic heterocycles. The summed E-state index contributed by atoms with van der Waals surface area (Å²) >= 11 is 18.3. The lowest BCUT2D eigenvalue weighted by Gasteiger charge is -2.24. The van der Waals surface area contributed by atoms with E-state index in [1.165, 1.54) is 36.5 Å². The zero-order chi connectivity index (χ0) is 27.4. The zero-order valence-corrected chi connectivity index (χ0v) is 23.5. The third-order valence-corrected chi connectivity index (χ3v) is 8.31. The Kier molecular flexibility index (Phi) is 8.47. The van der Waals surface area contributed by atoms with Crippen molar-refractivity contribution in [2.45, 2.75) is 18.7 Å². The minimum atomic E-state index is -4.12. The van der Waals surface area contributed by atoms with Crippen molar-refractivity contribution >= 4 is 62.6 Å². The fourth-order valence-electron chi connectivity index (χ4n) is 3.95. The molecule has 0 atom stereocenters. The molecule has 0 saturated heterocycles. The second-order valence-electron chi connectivity index (χ2n) is 8.35. The number of nitrogens with zero attached hydrogens (tertiary/aromatic N) is 3. The Hall–Kier alpha value is -3.30. The van der Waals surface area contributed by atoms with Crippen LogP contribution in [0.4, 0.5) is 5.69 Å². The Morgan fingerprint density at radius 1 is 0.947 bits per heavy atom. The summed E-state index contributed by atoms with van der Waals surface area (Å²) in [5, 5.41) is 5.13. The molecule has 1 aromatic heterocycles. The standard InChI is InChI=1S/C27H23Cl3N4O3S/c1-18-14-20(19(2)34(18)23-11-8-21(28)9-12-23)16-31-32-27(35)17-33(26-13-10-22(29)15-25(26)30)38(36,37)24-6-4-3-5-7-24/h3-16H,17H2,1-2H3,(H,32,35)/b31-16+. The van der Waals surface area contributed by atoms with Crippen molar-refractivity contribution in [2.24, 2.45) is 5.10 Å². The number of hydrogen-bond donors (Lipinski definition) is 1. The van der Waals surface area contributed by atoms with Crippen molar-refractivity contribution in [2.75, 3.05) is 10.8 Å². The lowest BCUT2D eigenvalue weighted by Crippen LogP contribution is -2.39. The number of sulfonamides is 1. The number of carbonyl (C=O) groups is 1. The molecule has 38 heavy (non-hydrogen) atoms. The normalized spacial score (nSPS) is 11.6. The third kappa shape index (κ3) is 6.05. The number of rotatable bonds is 8. The summed E-state index contributed by atoms with van der Waals surface area (Å²) in [5.41, 5.74) is 6.13. The highest BCUT2D eigenvalue weighted by Crippen LogP contribution is 2.32. The maximum absolute atomic E-state index is 13.4. The van der Waals surface area contributed by atoms with Gasteiger partial charge in [-0.15, -0.1) is 0 Å². The molecule has 4 aromatic rings. The monoisotopic (exact) mass is 588 g/mol. The van der Waals surface area contributed by atoms with Gasteiger partial charge >= 0.3 is 0 Å². The van der Waals surface area contributed by atoms with Crippen molar-refractivity contribution < 1.29 is 13.2 Å². The van der Waals surface area contributed by atoms with Gasteiger partial charge in [0.05, 0.1) is 21.8 Å². The first-order valence-corrected chi connectivity index (χ1v) is 13.9. The summed E-state index contributed by atoms with van der Waals surface area (Å²) in [7, 11) is -4.12. The molecule has 1 N–H and O–H groups in total. The van der Waals surface area contributed by atoms with Crippen LogP contribution in [0, 0.1) is 13.8 Å². The lowest BCUT2D eigenvalue weighted by molar-refractivity contribution is -0.119. The molecule has 3 aromatic carbocycles. The van der Waals surface area contributed by atoms with Crippen LogP contribution in [0.25, 0.3) is 5.69 Å². The highest BCUT2D eigenvalue weighted by molar-refractivity contribution is 7.92. The van der Waals surface area contributed by atoms with E-state index in [0.29, 0.717) is 10.0 Å². The van der Waals surface area contributed by atoms with Crippen molar-refractivity contribution in [3.63, 3.8) is 0 Å². The topological polar surface area (TPSA) is 83.8 Å². The van der Waals surface area contributed by atoms with Crippen molar-refractivity contribution in [1.82, 2.24) is 9.99 Å². The number of amides is 1. The van der Waals surface area contributed by atoms with E-state index < -0.39 is 22.5 Å². The summed E-state index contributed by atoms with van der Waals surface area (Å²) < 4.78 is 29.9.